The molecule has 6 nitrogen and oxygen atoms in total. The van der Waals surface area contributed by atoms with Gasteiger partial charge in [0.05, 0.1) is 17.4 Å². The zero-order valence-corrected chi connectivity index (χ0v) is 12.4. The van der Waals surface area contributed by atoms with Crippen molar-refractivity contribution in [2.45, 2.75) is 0 Å². The molecule has 1 aromatic heterocycles. The molecule has 0 fully saturated rings. The molecule has 0 aliphatic carbocycles. The quantitative estimate of drug-likeness (QED) is 0.694. The molecule has 0 bridgehead atoms. The summed E-state index contributed by atoms with van der Waals surface area (Å²) in [7, 11) is 3.95. The van der Waals surface area contributed by atoms with Crippen molar-refractivity contribution in [3.8, 4) is 0 Å². The molecule has 22 heavy (non-hydrogen) atoms. The van der Waals surface area contributed by atoms with E-state index in [0.29, 0.717) is 5.69 Å². The molecular weight excluding hydrogens is 278 g/mol. The second-order valence-electron chi connectivity index (χ2n) is 5.15. The Morgan fingerprint density at radius 1 is 1.05 bits per heavy atom. The van der Waals surface area contributed by atoms with Gasteiger partial charge in [-0.15, -0.1) is 0 Å². The highest BCUT2D eigenvalue weighted by Gasteiger charge is 2.04. The fraction of sp³-hybridized carbons (Fsp3) is 0.125. The third-order valence-electron chi connectivity index (χ3n) is 3.32. The van der Waals surface area contributed by atoms with Crippen molar-refractivity contribution < 1.29 is 4.79 Å². The molecule has 0 radical (unpaired) electrons. The second kappa shape index (κ2) is 5.77. The van der Waals surface area contributed by atoms with Gasteiger partial charge in [0.15, 0.2) is 0 Å². The average Bonchev–Trinajstić information content (AvgIpc) is 2.95. The van der Waals surface area contributed by atoms with Crippen LogP contribution in [0.25, 0.3) is 11.0 Å². The Bertz CT molecular complexity index is 792. The van der Waals surface area contributed by atoms with Crippen molar-refractivity contribution in [3.63, 3.8) is 0 Å². The lowest BCUT2D eigenvalue weighted by Gasteiger charge is -2.13. The topological polar surface area (TPSA) is 73.1 Å². The maximum Gasteiger partial charge on any atom is 0.323 e. The molecule has 0 saturated heterocycles. The van der Waals surface area contributed by atoms with Gasteiger partial charge in [-0.05, 0) is 42.5 Å². The number of carbonyl (C=O) groups excluding carboxylic acids is 1. The highest BCUT2D eigenvalue weighted by Crippen LogP contribution is 2.18. The molecule has 0 unspecified atom stereocenters. The first-order valence-electron chi connectivity index (χ1n) is 6.90. The van der Waals surface area contributed by atoms with Gasteiger partial charge < -0.3 is 20.5 Å². The largest absolute Gasteiger partial charge is 0.378 e. The van der Waals surface area contributed by atoms with E-state index in [0.717, 1.165) is 22.4 Å². The number of aromatic amines is 1. The zero-order chi connectivity index (χ0) is 15.5. The van der Waals surface area contributed by atoms with Crippen LogP contribution in [-0.2, 0) is 0 Å². The Kier molecular flexibility index (Phi) is 3.65. The molecule has 112 valence electrons. The number of H-pyrrole nitrogens is 1. The number of nitrogens with zero attached hydrogens (tertiary/aromatic N) is 2. The minimum atomic E-state index is -0.281. The van der Waals surface area contributed by atoms with Crippen LogP contribution in [0.4, 0.5) is 21.9 Å². The van der Waals surface area contributed by atoms with Gasteiger partial charge in [-0.25, -0.2) is 9.78 Å². The molecule has 1 heterocycles. The van der Waals surface area contributed by atoms with Crippen molar-refractivity contribution in [3.05, 3.63) is 48.8 Å². The maximum absolute atomic E-state index is 12.0. The number of imidazole rings is 1. The Hall–Kier alpha value is -3.02. The van der Waals surface area contributed by atoms with Crippen LogP contribution in [0.5, 0.6) is 0 Å². The summed E-state index contributed by atoms with van der Waals surface area (Å²) in [5.74, 6) is 0. The first kappa shape index (κ1) is 13.9. The fourth-order valence-corrected chi connectivity index (χ4v) is 2.15. The summed E-state index contributed by atoms with van der Waals surface area (Å²) in [5, 5.41) is 5.61. The standard InChI is InChI=1S/C16H17N5O/c1-21(2)13-6-3-11(4-7-13)19-16(22)20-12-5-8-14-15(9-12)18-10-17-14/h3-10H,1-2H3,(H,17,18)(H2,19,20,22). The summed E-state index contributed by atoms with van der Waals surface area (Å²) >= 11 is 0. The summed E-state index contributed by atoms with van der Waals surface area (Å²) in [4.78, 5) is 21.2. The molecular formula is C16H17N5O. The molecule has 3 rings (SSSR count). The molecule has 0 saturated carbocycles. The van der Waals surface area contributed by atoms with Crippen LogP contribution in [-0.4, -0.2) is 30.1 Å². The molecule has 0 atom stereocenters. The van der Waals surface area contributed by atoms with Crippen molar-refractivity contribution in [2.24, 2.45) is 0 Å². The molecule has 0 aliphatic rings. The van der Waals surface area contributed by atoms with Crippen LogP contribution in [0.2, 0.25) is 0 Å². The van der Waals surface area contributed by atoms with E-state index in [2.05, 4.69) is 20.6 Å². The van der Waals surface area contributed by atoms with Crippen LogP contribution in [0.1, 0.15) is 0 Å². The van der Waals surface area contributed by atoms with Gasteiger partial charge in [0.25, 0.3) is 0 Å². The molecule has 3 N–H and O–H groups in total. The minimum Gasteiger partial charge on any atom is -0.378 e. The lowest BCUT2D eigenvalue weighted by molar-refractivity contribution is 0.262. The summed E-state index contributed by atoms with van der Waals surface area (Å²) in [6.07, 6.45) is 1.63. The first-order valence-corrected chi connectivity index (χ1v) is 6.90. The van der Waals surface area contributed by atoms with E-state index < -0.39 is 0 Å². The van der Waals surface area contributed by atoms with Crippen molar-refractivity contribution in [2.75, 3.05) is 29.6 Å². The maximum atomic E-state index is 12.0. The van der Waals surface area contributed by atoms with Crippen molar-refractivity contribution in [1.29, 1.82) is 0 Å². The number of hydrogen-bond donors (Lipinski definition) is 3. The molecule has 2 amide bonds. The van der Waals surface area contributed by atoms with Crippen LogP contribution in [0.3, 0.4) is 0 Å². The van der Waals surface area contributed by atoms with Crippen LogP contribution in [0.15, 0.2) is 48.8 Å². The summed E-state index contributed by atoms with van der Waals surface area (Å²) in [6.45, 7) is 0. The van der Waals surface area contributed by atoms with Gasteiger partial charge in [-0.3, -0.25) is 0 Å². The van der Waals surface area contributed by atoms with E-state index in [1.165, 1.54) is 0 Å². The highest BCUT2D eigenvalue weighted by atomic mass is 16.2. The number of anilines is 3. The van der Waals surface area contributed by atoms with Crippen molar-refractivity contribution >= 4 is 34.1 Å². The highest BCUT2D eigenvalue weighted by molar-refractivity contribution is 6.00. The third kappa shape index (κ3) is 3.01. The van der Waals surface area contributed by atoms with Crippen molar-refractivity contribution in [1.82, 2.24) is 9.97 Å². The predicted molar refractivity (Wildman–Crippen MR) is 89.5 cm³/mol. The minimum absolute atomic E-state index is 0.281. The zero-order valence-electron chi connectivity index (χ0n) is 12.4. The number of benzene rings is 2. The monoisotopic (exact) mass is 295 g/mol. The summed E-state index contributed by atoms with van der Waals surface area (Å²) in [5.41, 5.74) is 4.28. The number of hydrogen-bond acceptors (Lipinski definition) is 3. The van der Waals surface area contributed by atoms with Gasteiger partial charge in [0.2, 0.25) is 0 Å². The van der Waals surface area contributed by atoms with Gasteiger partial charge in [-0.1, -0.05) is 0 Å². The SMILES string of the molecule is CN(C)c1ccc(NC(=O)Nc2ccc3nc[nH]c3c2)cc1. The Balaban J connectivity index is 1.66. The normalized spacial score (nSPS) is 10.5. The number of amides is 2. The molecule has 3 aromatic rings. The van der Waals surface area contributed by atoms with Gasteiger partial charge >= 0.3 is 6.03 Å². The molecule has 6 heteroatoms. The smallest absolute Gasteiger partial charge is 0.323 e. The fourth-order valence-electron chi connectivity index (χ4n) is 2.15. The van der Waals surface area contributed by atoms with Gasteiger partial charge in [-0.2, -0.15) is 0 Å². The third-order valence-corrected chi connectivity index (χ3v) is 3.32. The second-order valence-corrected chi connectivity index (χ2v) is 5.15. The number of urea groups is 1. The van der Waals surface area contributed by atoms with E-state index in [1.807, 2.05) is 61.5 Å². The Labute approximate surface area is 128 Å². The molecule has 0 aliphatic heterocycles. The summed E-state index contributed by atoms with van der Waals surface area (Å²) in [6, 6.07) is 12.9. The lowest BCUT2D eigenvalue weighted by Crippen LogP contribution is -2.19. The number of nitrogens with one attached hydrogen (secondary N) is 3. The van der Waals surface area contributed by atoms with Crippen LogP contribution < -0.4 is 15.5 Å². The predicted octanol–water partition coefficient (Wildman–Crippen LogP) is 3.27. The first-order chi connectivity index (χ1) is 10.6. The van der Waals surface area contributed by atoms with Crippen LogP contribution in [0, 0.1) is 0 Å². The van der Waals surface area contributed by atoms with E-state index >= 15 is 0 Å². The lowest BCUT2D eigenvalue weighted by atomic mass is 10.2. The Morgan fingerprint density at radius 2 is 1.73 bits per heavy atom. The summed E-state index contributed by atoms with van der Waals surface area (Å²) < 4.78 is 0. The number of rotatable bonds is 3. The number of fused-ring (bicyclic) bond motifs is 1. The van der Waals surface area contributed by atoms with Gasteiger partial charge in [0.1, 0.15) is 0 Å². The average molecular weight is 295 g/mol. The van der Waals surface area contributed by atoms with Crippen LogP contribution >= 0.6 is 0 Å². The molecule has 2 aromatic carbocycles. The Morgan fingerprint density at radius 3 is 2.45 bits per heavy atom. The number of aromatic nitrogens is 2. The number of carbonyl (C=O) groups is 1. The van der Waals surface area contributed by atoms with E-state index in [-0.39, 0.29) is 6.03 Å². The van der Waals surface area contributed by atoms with E-state index in [4.69, 9.17) is 0 Å². The van der Waals surface area contributed by atoms with E-state index in [1.54, 1.807) is 6.33 Å². The molecule has 0 spiro atoms. The van der Waals surface area contributed by atoms with Gasteiger partial charge in [0, 0.05) is 31.2 Å². The van der Waals surface area contributed by atoms with E-state index in [9.17, 15) is 4.79 Å².